The number of likely N-dealkylation sites (N-methyl/N-ethyl adjacent to an activating group) is 2. The summed E-state index contributed by atoms with van der Waals surface area (Å²) in [6.07, 6.45) is 5.22. The second kappa shape index (κ2) is 9.94. The van der Waals surface area contributed by atoms with Crippen molar-refractivity contribution in [3.05, 3.63) is 35.6 Å². The van der Waals surface area contributed by atoms with Crippen LogP contribution in [0.4, 0.5) is 0 Å². The molecule has 0 amide bonds. The number of carbonyl (C=O) groups excluding carboxylic acids is 2. The van der Waals surface area contributed by atoms with Gasteiger partial charge in [0.2, 0.25) is 0 Å². The van der Waals surface area contributed by atoms with E-state index in [9.17, 15) is 9.59 Å². The lowest BCUT2D eigenvalue weighted by Crippen LogP contribution is -2.53. The molecule has 12 heteroatoms. The van der Waals surface area contributed by atoms with Crippen LogP contribution in [0.1, 0.15) is 75.8 Å². The van der Waals surface area contributed by atoms with Crippen LogP contribution in [0.5, 0.6) is 0 Å². The average Bonchev–Trinajstić information content (AvgIpc) is 3.49. The Morgan fingerprint density at radius 1 is 0.778 bits per heavy atom. The van der Waals surface area contributed by atoms with Gasteiger partial charge in [0.1, 0.15) is 40.3 Å². The zero-order chi connectivity index (χ0) is 26.1. The van der Waals surface area contributed by atoms with Crippen LogP contribution in [0.15, 0.2) is 21.2 Å². The second-order valence-corrected chi connectivity index (χ2v) is 10.4. The lowest BCUT2D eigenvalue weighted by Gasteiger charge is -2.34. The maximum atomic E-state index is 12.8. The third-order valence-electron chi connectivity index (χ3n) is 6.23. The van der Waals surface area contributed by atoms with Gasteiger partial charge in [0.25, 0.3) is 11.8 Å². The summed E-state index contributed by atoms with van der Waals surface area (Å²) in [5.41, 5.74) is 1.55. The minimum absolute atomic E-state index is 0.131. The van der Waals surface area contributed by atoms with Crippen molar-refractivity contribution >= 4 is 23.1 Å². The monoisotopic (exact) mass is 502 g/mol. The van der Waals surface area contributed by atoms with Gasteiger partial charge in [-0.3, -0.25) is 9.68 Å². The molecule has 0 radical (unpaired) electrons. The molecule has 0 saturated carbocycles. The SMILES string of the molecule is CC(C)c1noc(C2=CCC[N+](C)(OC(=O)C(=O)O[N+]3(C)CCC=C(c4nc(C(C)C)no4)C3)C2)n1. The van der Waals surface area contributed by atoms with Crippen LogP contribution < -0.4 is 0 Å². The Labute approximate surface area is 209 Å². The number of hydroxylamine groups is 6. The molecule has 2 aliphatic heterocycles. The number of hydrogen-bond donors (Lipinski definition) is 0. The molecule has 0 bridgehead atoms. The molecule has 0 fully saturated rings. The molecule has 2 unspecified atom stereocenters. The van der Waals surface area contributed by atoms with Crippen molar-refractivity contribution in [3.8, 4) is 0 Å². The van der Waals surface area contributed by atoms with Crippen LogP contribution in [0.2, 0.25) is 0 Å². The third kappa shape index (κ3) is 5.71. The van der Waals surface area contributed by atoms with Gasteiger partial charge in [-0.2, -0.15) is 9.97 Å². The summed E-state index contributed by atoms with van der Waals surface area (Å²) in [5.74, 6) is 0.171. The van der Waals surface area contributed by atoms with E-state index < -0.39 is 11.9 Å². The van der Waals surface area contributed by atoms with Gasteiger partial charge < -0.3 is 9.05 Å². The molecule has 2 aromatic heterocycles. The molecule has 0 aliphatic carbocycles. The number of hydrogen-bond acceptors (Lipinski definition) is 10. The molecule has 0 aromatic carbocycles. The normalized spacial score (nSPS) is 24.4. The molecule has 194 valence electrons. The minimum Gasteiger partial charge on any atom is -0.334 e. The molecule has 4 rings (SSSR count). The van der Waals surface area contributed by atoms with Crippen LogP contribution in [-0.2, 0) is 19.3 Å². The predicted octanol–water partition coefficient (Wildman–Crippen LogP) is 2.78. The van der Waals surface area contributed by atoms with Gasteiger partial charge in [-0.05, 0) is 0 Å². The van der Waals surface area contributed by atoms with Gasteiger partial charge in [-0.15, -0.1) is 9.29 Å². The number of rotatable bonds is 6. The van der Waals surface area contributed by atoms with E-state index in [1.54, 1.807) is 14.1 Å². The highest BCUT2D eigenvalue weighted by Crippen LogP contribution is 2.27. The summed E-state index contributed by atoms with van der Waals surface area (Å²) in [4.78, 5) is 45.6. The van der Waals surface area contributed by atoms with Gasteiger partial charge in [0.15, 0.2) is 11.6 Å². The van der Waals surface area contributed by atoms with Crippen LogP contribution in [0.3, 0.4) is 0 Å². The van der Waals surface area contributed by atoms with Gasteiger partial charge in [0.05, 0.1) is 11.1 Å². The smallest absolute Gasteiger partial charge is 0.334 e. The number of carbonyl (C=O) groups is 2. The molecule has 0 spiro atoms. The highest BCUT2D eigenvalue weighted by molar-refractivity contribution is 6.29. The second-order valence-electron chi connectivity index (χ2n) is 10.4. The van der Waals surface area contributed by atoms with E-state index in [2.05, 4.69) is 20.3 Å². The van der Waals surface area contributed by atoms with E-state index in [4.69, 9.17) is 18.7 Å². The van der Waals surface area contributed by atoms with Crippen molar-refractivity contribution < 1.29 is 37.6 Å². The first-order valence-corrected chi connectivity index (χ1v) is 12.2. The molecule has 2 atom stereocenters. The maximum Gasteiger partial charge on any atom is 0.480 e. The highest BCUT2D eigenvalue weighted by Gasteiger charge is 2.41. The Morgan fingerprint density at radius 3 is 1.50 bits per heavy atom. The molecule has 4 heterocycles. The predicted molar refractivity (Wildman–Crippen MR) is 126 cm³/mol. The van der Waals surface area contributed by atoms with Gasteiger partial charge in [-0.1, -0.05) is 50.2 Å². The summed E-state index contributed by atoms with van der Waals surface area (Å²) in [5, 5.41) is 8.00. The van der Waals surface area contributed by atoms with Gasteiger partial charge >= 0.3 is 11.9 Å². The Morgan fingerprint density at radius 2 is 1.17 bits per heavy atom. The van der Waals surface area contributed by atoms with Crippen LogP contribution in [0, 0.1) is 0 Å². The molecule has 2 aliphatic rings. The molecular weight excluding hydrogens is 468 g/mol. The van der Waals surface area contributed by atoms with Crippen LogP contribution in [0.25, 0.3) is 11.1 Å². The van der Waals surface area contributed by atoms with Crippen molar-refractivity contribution in [2.45, 2.75) is 52.4 Å². The largest absolute Gasteiger partial charge is 0.480 e. The lowest BCUT2D eigenvalue weighted by molar-refractivity contribution is -1.07. The molecular formula is C24H34N6O6+2. The van der Waals surface area contributed by atoms with Crippen LogP contribution in [-0.4, -0.2) is 81.8 Å². The van der Waals surface area contributed by atoms with E-state index in [0.717, 1.165) is 11.1 Å². The molecule has 0 N–H and O–H groups in total. The van der Waals surface area contributed by atoms with Crippen molar-refractivity contribution in [1.29, 1.82) is 0 Å². The van der Waals surface area contributed by atoms with Crippen LogP contribution >= 0.6 is 0 Å². The summed E-state index contributed by atoms with van der Waals surface area (Å²) < 4.78 is 10.5. The van der Waals surface area contributed by atoms with Gasteiger partial charge in [0, 0.05) is 24.7 Å². The number of nitrogens with zero attached hydrogens (tertiary/aromatic N) is 6. The summed E-state index contributed by atoms with van der Waals surface area (Å²) >= 11 is 0. The van der Waals surface area contributed by atoms with Gasteiger partial charge in [-0.25, -0.2) is 9.59 Å². The zero-order valence-electron chi connectivity index (χ0n) is 21.7. The fraction of sp³-hybridized carbons (Fsp3) is 0.583. The van der Waals surface area contributed by atoms with E-state index in [1.165, 1.54) is 0 Å². The Kier molecular flexibility index (Phi) is 7.10. The van der Waals surface area contributed by atoms with Crippen molar-refractivity contribution in [2.75, 3.05) is 40.3 Å². The minimum atomic E-state index is -1.05. The first-order chi connectivity index (χ1) is 17.0. The van der Waals surface area contributed by atoms with E-state index >= 15 is 0 Å². The highest BCUT2D eigenvalue weighted by atomic mass is 16.8. The lowest BCUT2D eigenvalue weighted by atomic mass is 10.1. The molecule has 12 nitrogen and oxygen atoms in total. The Hall–Kier alpha value is -3.38. The summed E-state index contributed by atoms with van der Waals surface area (Å²) in [6.45, 7) is 9.52. The van der Waals surface area contributed by atoms with E-state index in [-0.39, 0.29) is 21.1 Å². The quantitative estimate of drug-likeness (QED) is 0.429. The Bertz CT molecular complexity index is 1110. The first kappa shape index (κ1) is 25.7. The zero-order valence-corrected chi connectivity index (χ0v) is 21.7. The maximum absolute atomic E-state index is 12.8. The summed E-state index contributed by atoms with van der Waals surface area (Å²) in [6, 6.07) is 0. The van der Waals surface area contributed by atoms with E-state index in [1.807, 2.05) is 39.8 Å². The number of aromatic nitrogens is 4. The fourth-order valence-corrected chi connectivity index (χ4v) is 4.17. The number of quaternary nitrogens is 2. The third-order valence-corrected chi connectivity index (χ3v) is 6.23. The Balaban J connectivity index is 1.37. The van der Waals surface area contributed by atoms with Crippen molar-refractivity contribution in [2.24, 2.45) is 0 Å². The molecule has 2 aromatic rings. The molecule has 36 heavy (non-hydrogen) atoms. The summed E-state index contributed by atoms with van der Waals surface area (Å²) in [7, 11) is 3.47. The first-order valence-electron chi connectivity index (χ1n) is 12.2. The average molecular weight is 503 g/mol. The molecule has 0 saturated heterocycles. The standard InChI is InChI=1S/C24H34N6O6/c1-15(2)19-25-21(33-27-19)17-9-7-11-29(5,13-17)35-23(31)24(32)36-30(6)12-8-10-18(14-30)22-26-20(16(3)4)28-34-22/h9-10,15-16H,7-8,11-14H2,1-6H3/q+2. The van der Waals surface area contributed by atoms with Crippen molar-refractivity contribution in [3.63, 3.8) is 0 Å². The topological polar surface area (TPSA) is 130 Å². The van der Waals surface area contributed by atoms with E-state index in [0.29, 0.717) is 62.5 Å². The fourth-order valence-electron chi connectivity index (χ4n) is 4.17. The van der Waals surface area contributed by atoms with Crippen molar-refractivity contribution in [1.82, 2.24) is 20.3 Å².